The molecule has 1 atom stereocenters. The van der Waals surface area contributed by atoms with Crippen molar-refractivity contribution in [3.05, 3.63) is 29.0 Å². The third kappa shape index (κ3) is 3.69. The van der Waals surface area contributed by atoms with Crippen molar-refractivity contribution in [2.24, 2.45) is 11.8 Å². The second-order valence-corrected chi connectivity index (χ2v) is 5.96. The minimum atomic E-state index is 0.239. The summed E-state index contributed by atoms with van der Waals surface area (Å²) in [5.41, 5.74) is 0.931. The molecule has 0 N–H and O–H groups in total. The van der Waals surface area contributed by atoms with Crippen molar-refractivity contribution >= 4 is 17.5 Å². The molecule has 104 valence electrons. The van der Waals surface area contributed by atoms with E-state index >= 15 is 0 Å². The molecule has 19 heavy (non-hydrogen) atoms. The maximum Gasteiger partial charge on any atom is 0.222 e. The first-order chi connectivity index (χ1) is 9.08. The fraction of sp³-hybridized carbons (Fsp3) is 0.600. The van der Waals surface area contributed by atoms with Crippen LogP contribution in [0.5, 0.6) is 0 Å². The fourth-order valence-electron chi connectivity index (χ4n) is 2.63. The number of rotatable bonds is 3. The van der Waals surface area contributed by atoms with Gasteiger partial charge in [-0.3, -0.25) is 4.79 Å². The third-order valence-corrected chi connectivity index (χ3v) is 4.33. The highest BCUT2D eigenvalue weighted by atomic mass is 35.5. The largest absolute Gasteiger partial charge is 0.338 e. The van der Waals surface area contributed by atoms with Gasteiger partial charge in [0.2, 0.25) is 5.91 Å². The Balaban J connectivity index is 2.04. The molecule has 3 nitrogen and oxygen atoms in total. The van der Waals surface area contributed by atoms with Crippen LogP contribution in [0.3, 0.4) is 0 Å². The molecule has 0 bridgehead atoms. The molecule has 1 aliphatic heterocycles. The minimum Gasteiger partial charge on any atom is -0.338 e. The average Bonchev–Trinajstić information content (AvgIpc) is 2.55. The highest BCUT2D eigenvalue weighted by molar-refractivity contribution is 6.30. The average molecular weight is 281 g/mol. The highest BCUT2D eigenvalue weighted by Gasteiger charge is 2.24. The molecule has 1 aromatic rings. The molecule has 0 spiro atoms. The van der Waals surface area contributed by atoms with E-state index in [-0.39, 0.29) is 5.91 Å². The summed E-state index contributed by atoms with van der Waals surface area (Å²) < 4.78 is 0. The van der Waals surface area contributed by atoms with Crippen molar-refractivity contribution in [1.29, 1.82) is 0 Å². The molecule has 0 aliphatic carbocycles. The predicted octanol–water partition coefficient (Wildman–Crippen LogP) is 3.52. The van der Waals surface area contributed by atoms with Crippen LogP contribution >= 0.6 is 11.6 Å². The monoisotopic (exact) mass is 280 g/mol. The van der Waals surface area contributed by atoms with Gasteiger partial charge in [-0.05, 0) is 30.7 Å². The second-order valence-electron chi connectivity index (χ2n) is 5.60. The Morgan fingerprint density at radius 3 is 2.95 bits per heavy atom. The molecular weight excluding hydrogens is 260 g/mol. The van der Waals surface area contributed by atoms with E-state index in [4.69, 9.17) is 11.6 Å². The number of pyridine rings is 1. The smallest absolute Gasteiger partial charge is 0.222 e. The molecular formula is C15H21ClN2O. The Morgan fingerprint density at radius 2 is 2.26 bits per heavy atom. The standard InChI is InChI=1S/C15H21ClN2O/c1-11(2)12-5-6-14(19)18(9-7-12)10-13-4-3-8-17-15(13)16/h3-4,8,11-12H,5-7,9-10H2,1-2H3. The Bertz CT molecular complexity index is 448. The quantitative estimate of drug-likeness (QED) is 0.794. The molecule has 4 heteroatoms. The number of hydrogen-bond acceptors (Lipinski definition) is 2. The molecule has 1 aromatic heterocycles. The van der Waals surface area contributed by atoms with Gasteiger partial charge in [0, 0.05) is 31.3 Å². The summed E-state index contributed by atoms with van der Waals surface area (Å²) in [7, 11) is 0. The van der Waals surface area contributed by atoms with Gasteiger partial charge in [0.25, 0.3) is 0 Å². The van der Waals surface area contributed by atoms with Crippen LogP contribution < -0.4 is 0 Å². The number of likely N-dealkylation sites (tertiary alicyclic amines) is 1. The van der Waals surface area contributed by atoms with Crippen molar-refractivity contribution in [1.82, 2.24) is 9.88 Å². The van der Waals surface area contributed by atoms with Gasteiger partial charge in [0.05, 0.1) is 0 Å². The summed E-state index contributed by atoms with van der Waals surface area (Å²) in [6.07, 6.45) is 4.42. The summed E-state index contributed by atoms with van der Waals surface area (Å²) in [6.45, 7) is 5.88. The van der Waals surface area contributed by atoms with Gasteiger partial charge in [0.15, 0.2) is 0 Å². The zero-order chi connectivity index (χ0) is 13.8. The number of carbonyl (C=O) groups excluding carboxylic acids is 1. The van der Waals surface area contributed by atoms with Crippen molar-refractivity contribution < 1.29 is 4.79 Å². The zero-order valence-electron chi connectivity index (χ0n) is 11.6. The predicted molar refractivity (Wildman–Crippen MR) is 76.8 cm³/mol. The Labute approximate surface area is 120 Å². The van der Waals surface area contributed by atoms with E-state index in [1.807, 2.05) is 17.0 Å². The molecule has 1 unspecified atom stereocenters. The second kappa shape index (κ2) is 6.38. The van der Waals surface area contributed by atoms with Crippen LogP contribution in [0.15, 0.2) is 18.3 Å². The molecule has 1 amide bonds. The van der Waals surface area contributed by atoms with Crippen LogP contribution in [-0.2, 0) is 11.3 Å². The van der Waals surface area contributed by atoms with Gasteiger partial charge in [-0.15, -0.1) is 0 Å². The van der Waals surface area contributed by atoms with Crippen molar-refractivity contribution in [2.75, 3.05) is 6.54 Å². The third-order valence-electron chi connectivity index (χ3n) is 3.99. The molecule has 1 aliphatic rings. The van der Waals surface area contributed by atoms with E-state index < -0.39 is 0 Å². The van der Waals surface area contributed by atoms with Gasteiger partial charge in [-0.1, -0.05) is 31.5 Å². The SMILES string of the molecule is CC(C)C1CCC(=O)N(Cc2cccnc2Cl)CC1. The lowest BCUT2D eigenvalue weighted by Crippen LogP contribution is -2.30. The lowest BCUT2D eigenvalue weighted by Gasteiger charge is -2.22. The number of hydrogen-bond donors (Lipinski definition) is 0. The first-order valence-electron chi connectivity index (χ1n) is 6.95. The molecule has 0 saturated carbocycles. The minimum absolute atomic E-state index is 0.239. The zero-order valence-corrected chi connectivity index (χ0v) is 12.4. The highest BCUT2D eigenvalue weighted by Crippen LogP contribution is 2.26. The first kappa shape index (κ1) is 14.3. The molecule has 2 rings (SSSR count). The van der Waals surface area contributed by atoms with Crippen molar-refractivity contribution in [3.8, 4) is 0 Å². The summed E-state index contributed by atoms with van der Waals surface area (Å²) in [5.74, 6) is 1.54. The Morgan fingerprint density at radius 1 is 1.47 bits per heavy atom. The van der Waals surface area contributed by atoms with Crippen molar-refractivity contribution in [3.63, 3.8) is 0 Å². The van der Waals surface area contributed by atoms with Gasteiger partial charge >= 0.3 is 0 Å². The topological polar surface area (TPSA) is 33.2 Å². The number of halogens is 1. The lowest BCUT2D eigenvalue weighted by molar-refractivity contribution is -0.131. The van der Waals surface area contributed by atoms with Gasteiger partial charge < -0.3 is 4.90 Å². The van der Waals surface area contributed by atoms with Gasteiger partial charge in [0.1, 0.15) is 5.15 Å². The summed E-state index contributed by atoms with van der Waals surface area (Å²) >= 11 is 6.06. The van der Waals surface area contributed by atoms with E-state index in [9.17, 15) is 4.79 Å². The normalized spacial score (nSPS) is 20.7. The van der Waals surface area contributed by atoms with Gasteiger partial charge in [-0.2, -0.15) is 0 Å². The van der Waals surface area contributed by atoms with E-state index in [0.29, 0.717) is 30.0 Å². The lowest BCUT2D eigenvalue weighted by atomic mass is 9.89. The molecule has 1 fully saturated rings. The summed E-state index contributed by atoms with van der Waals surface area (Å²) in [5, 5.41) is 0.500. The number of amides is 1. The van der Waals surface area contributed by atoms with E-state index in [1.54, 1.807) is 6.20 Å². The summed E-state index contributed by atoms with van der Waals surface area (Å²) in [6, 6.07) is 3.80. The van der Waals surface area contributed by atoms with E-state index in [0.717, 1.165) is 24.9 Å². The van der Waals surface area contributed by atoms with Crippen molar-refractivity contribution in [2.45, 2.75) is 39.7 Å². The fourth-order valence-corrected chi connectivity index (χ4v) is 2.81. The van der Waals surface area contributed by atoms with Crippen LogP contribution in [0.4, 0.5) is 0 Å². The van der Waals surface area contributed by atoms with E-state index in [2.05, 4.69) is 18.8 Å². The van der Waals surface area contributed by atoms with E-state index in [1.165, 1.54) is 0 Å². The molecule has 1 saturated heterocycles. The molecule has 2 heterocycles. The molecule has 0 radical (unpaired) electrons. The van der Waals surface area contributed by atoms with Crippen LogP contribution in [-0.4, -0.2) is 22.3 Å². The van der Waals surface area contributed by atoms with Crippen LogP contribution in [0.25, 0.3) is 0 Å². The van der Waals surface area contributed by atoms with Gasteiger partial charge in [-0.25, -0.2) is 4.98 Å². The maximum atomic E-state index is 12.2. The number of nitrogens with zero attached hydrogens (tertiary/aromatic N) is 2. The number of aromatic nitrogens is 1. The van der Waals surface area contributed by atoms with Crippen LogP contribution in [0, 0.1) is 11.8 Å². The first-order valence-corrected chi connectivity index (χ1v) is 7.33. The molecule has 0 aromatic carbocycles. The van der Waals surface area contributed by atoms with Crippen LogP contribution in [0.1, 0.15) is 38.7 Å². The Hall–Kier alpha value is -1.09. The Kier molecular flexibility index (Phi) is 4.81. The maximum absolute atomic E-state index is 12.2. The number of carbonyl (C=O) groups is 1. The summed E-state index contributed by atoms with van der Waals surface area (Å²) in [4.78, 5) is 18.1. The van der Waals surface area contributed by atoms with Crippen LogP contribution in [0.2, 0.25) is 5.15 Å².